The van der Waals surface area contributed by atoms with Crippen molar-refractivity contribution in [2.45, 2.75) is 46.6 Å². The van der Waals surface area contributed by atoms with Crippen molar-refractivity contribution >= 4 is 28.6 Å². The summed E-state index contributed by atoms with van der Waals surface area (Å²) in [7, 11) is 1.79. The molecule has 2 heterocycles. The maximum Gasteiger partial charge on any atom is 0.191 e. The Morgan fingerprint density at radius 1 is 1.26 bits per heavy atom. The van der Waals surface area contributed by atoms with Gasteiger partial charge in [-0.1, -0.05) is 13.8 Å². The van der Waals surface area contributed by atoms with E-state index in [-0.39, 0.29) is 0 Å². The van der Waals surface area contributed by atoms with E-state index in [9.17, 15) is 0 Å². The molecule has 0 bridgehead atoms. The number of aliphatic imine (C=N–C) groups is 1. The fraction of sp³-hybridized carbons (Fsp3) is 0.562. The zero-order valence-corrected chi connectivity index (χ0v) is 16.1. The highest BCUT2D eigenvalue weighted by Crippen LogP contribution is 2.19. The van der Waals surface area contributed by atoms with Crippen LogP contribution < -0.4 is 10.6 Å². The first-order valence-electron chi connectivity index (χ1n) is 7.81. The summed E-state index contributed by atoms with van der Waals surface area (Å²) in [5.74, 6) is 1.32. The first kappa shape index (κ1) is 17.9. The predicted molar refractivity (Wildman–Crippen MR) is 99.7 cm³/mol. The summed E-state index contributed by atoms with van der Waals surface area (Å²) in [5.41, 5.74) is 2.25. The minimum atomic E-state index is 0.502. The molecule has 5 nitrogen and oxygen atoms in total. The Labute approximate surface area is 146 Å². The summed E-state index contributed by atoms with van der Waals surface area (Å²) in [5, 5.41) is 11.1. The molecule has 0 aromatic carbocycles. The zero-order valence-electron chi connectivity index (χ0n) is 14.4. The molecule has 126 valence electrons. The van der Waals surface area contributed by atoms with Crippen LogP contribution in [0.1, 0.15) is 46.0 Å². The molecule has 0 fully saturated rings. The minimum Gasteiger partial charge on any atom is -0.356 e. The largest absolute Gasteiger partial charge is 0.356 e. The molecule has 2 aromatic rings. The lowest BCUT2D eigenvalue weighted by atomic mass is 10.2. The monoisotopic (exact) mass is 351 g/mol. The molecule has 0 unspecified atom stereocenters. The number of nitrogens with one attached hydrogen (secondary N) is 2. The van der Waals surface area contributed by atoms with Gasteiger partial charge in [0.15, 0.2) is 5.96 Å². The number of nitrogens with zero attached hydrogens (tertiary/aromatic N) is 3. The van der Waals surface area contributed by atoms with E-state index in [0.717, 1.165) is 41.9 Å². The van der Waals surface area contributed by atoms with Gasteiger partial charge in [0, 0.05) is 36.2 Å². The van der Waals surface area contributed by atoms with Gasteiger partial charge in [0.2, 0.25) is 0 Å². The molecule has 0 amide bonds. The second-order valence-corrected chi connectivity index (χ2v) is 7.85. The molecule has 0 aliphatic rings. The van der Waals surface area contributed by atoms with Gasteiger partial charge in [0.05, 0.1) is 27.9 Å². The maximum absolute atomic E-state index is 4.65. The third-order valence-electron chi connectivity index (χ3n) is 3.38. The number of rotatable bonds is 6. The minimum absolute atomic E-state index is 0.502. The Hall–Kier alpha value is -1.47. The fourth-order valence-electron chi connectivity index (χ4n) is 2.13. The molecular formula is C16H25N5S2. The Morgan fingerprint density at radius 2 is 2.04 bits per heavy atom. The van der Waals surface area contributed by atoms with E-state index in [2.05, 4.69) is 44.8 Å². The lowest BCUT2D eigenvalue weighted by Gasteiger charge is -2.10. The van der Waals surface area contributed by atoms with Crippen molar-refractivity contribution in [1.82, 2.24) is 20.6 Å². The van der Waals surface area contributed by atoms with E-state index in [4.69, 9.17) is 0 Å². The van der Waals surface area contributed by atoms with Gasteiger partial charge in [-0.15, -0.1) is 22.7 Å². The quantitative estimate of drug-likeness (QED) is 0.619. The highest BCUT2D eigenvalue weighted by Gasteiger charge is 2.07. The van der Waals surface area contributed by atoms with Crippen molar-refractivity contribution in [3.8, 4) is 0 Å². The van der Waals surface area contributed by atoms with Crippen LogP contribution in [-0.2, 0) is 13.0 Å². The summed E-state index contributed by atoms with van der Waals surface area (Å²) >= 11 is 3.47. The van der Waals surface area contributed by atoms with Crippen molar-refractivity contribution < 1.29 is 0 Å². The SMILES string of the molecule is CN=C(NCCc1csc(C(C)C)n1)NCc1sc(C)nc1C. The first-order chi connectivity index (χ1) is 11.0. The van der Waals surface area contributed by atoms with Gasteiger partial charge >= 0.3 is 0 Å². The first-order valence-corrected chi connectivity index (χ1v) is 9.51. The topological polar surface area (TPSA) is 62.2 Å². The number of aromatic nitrogens is 2. The summed E-state index contributed by atoms with van der Waals surface area (Å²) in [6, 6.07) is 0. The molecule has 23 heavy (non-hydrogen) atoms. The lowest BCUT2D eigenvalue weighted by molar-refractivity contribution is 0.778. The Bertz CT molecular complexity index is 657. The van der Waals surface area contributed by atoms with Crippen LogP contribution in [0.5, 0.6) is 0 Å². The molecule has 7 heteroatoms. The Kier molecular flexibility index (Phi) is 6.53. The number of hydrogen-bond donors (Lipinski definition) is 2. The summed E-state index contributed by atoms with van der Waals surface area (Å²) in [4.78, 5) is 14.6. The van der Waals surface area contributed by atoms with Crippen LogP contribution in [-0.4, -0.2) is 29.5 Å². The van der Waals surface area contributed by atoms with Crippen molar-refractivity contribution in [2.75, 3.05) is 13.6 Å². The fourth-order valence-corrected chi connectivity index (χ4v) is 3.88. The zero-order chi connectivity index (χ0) is 16.8. The van der Waals surface area contributed by atoms with E-state index in [1.54, 1.807) is 29.7 Å². The van der Waals surface area contributed by atoms with E-state index in [0.29, 0.717) is 5.92 Å². The van der Waals surface area contributed by atoms with Crippen LogP contribution in [0.15, 0.2) is 10.4 Å². The molecular weight excluding hydrogens is 326 g/mol. The van der Waals surface area contributed by atoms with Gasteiger partial charge in [-0.3, -0.25) is 4.99 Å². The van der Waals surface area contributed by atoms with E-state index >= 15 is 0 Å². The van der Waals surface area contributed by atoms with E-state index in [1.165, 1.54) is 9.88 Å². The molecule has 0 atom stereocenters. The second kappa shape index (κ2) is 8.40. The predicted octanol–water partition coefficient (Wildman–Crippen LogP) is 3.25. The van der Waals surface area contributed by atoms with Crippen molar-refractivity contribution in [3.63, 3.8) is 0 Å². The molecule has 0 saturated heterocycles. The van der Waals surface area contributed by atoms with Gasteiger partial charge < -0.3 is 10.6 Å². The number of aryl methyl sites for hydroxylation is 2. The van der Waals surface area contributed by atoms with Crippen molar-refractivity contribution in [3.05, 3.63) is 31.7 Å². The highest BCUT2D eigenvalue weighted by atomic mass is 32.1. The number of thiazole rings is 2. The molecule has 0 aliphatic heterocycles. The average molecular weight is 352 g/mol. The average Bonchev–Trinajstić information content (AvgIpc) is 3.09. The van der Waals surface area contributed by atoms with Crippen molar-refractivity contribution in [1.29, 1.82) is 0 Å². The van der Waals surface area contributed by atoms with Gasteiger partial charge in [0.1, 0.15) is 0 Å². The number of guanidine groups is 1. The highest BCUT2D eigenvalue weighted by molar-refractivity contribution is 7.11. The van der Waals surface area contributed by atoms with Crippen LogP contribution in [0.2, 0.25) is 0 Å². The van der Waals surface area contributed by atoms with Crippen LogP contribution >= 0.6 is 22.7 Å². The molecule has 0 radical (unpaired) electrons. The van der Waals surface area contributed by atoms with Gasteiger partial charge in [-0.25, -0.2) is 9.97 Å². The number of hydrogen-bond acceptors (Lipinski definition) is 5. The van der Waals surface area contributed by atoms with E-state index in [1.807, 2.05) is 13.8 Å². The van der Waals surface area contributed by atoms with Crippen molar-refractivity contribution in [2.24, 2.45) is 4.99 Å². The summed E-state index contributed by atoms with van der Waals surface area (Å²) < 4.78 is 0. The molecule has 2 N–H and O–H groups in total. The smallest absolute Gasteiger partial charge is 0.191 e. The third kappa shape index (κ3) is 5.28. The molecule has 0 spiro atoms. The van der Waals surface area contributed by atoms with Gasteiger partial charge in [0.25, 0.3) is 0 Å². The lowest BCUT2D eigenvalue weighted by Crippen LogP contribution is -2.37. The van der Waals surface area contributed by atoms with Gasteiger partial charge in [-0.05, 0) is 13.8 Å². The Morgan fingerprint density at radius 3 is 2.61 bits per heavy atom. The van der Waals surface area contributed by atoms with E-state index < -0.39 is 0 Å². The summed E-state index contributed by atoms with van der Waals surface area (Å²) in [6.07, 6.45) is 0.905. The molecule has 0 aliphatic carbocycles. The van der Waals surface area contributed by atoms with Crippen LogP contribution in [0.4, 0.5) is 0 Å². The molecule has 0 saturated carbocycles. The van der Waals surface area contributed by atoms with Crippen LogP contribution in [0.3, 0.4) is 0 Å². The van der Waals surface area contributed by atoms with Gasteiger partial charge in [-0.2, -0.15) is 0 Å². The molecule has 2 rings (SSSR count). The standard InChI is InChI=1S/C16H25N5S2/c1-10(2)15-21-13(9-22-15)6-7-18-16(17-5)19-8-14-11(3)20-12(4)23-14/h9-10H,6-8H2,1-5H3,(H2,17,18,19). The molecule has 2 aromatic heterocycles. The second-order valence-electron chi connectivity index (χ2n) is 5.68. The third-order valence-corrected chi connectivity index (χ3v) is 5.64. The van der Waals surface area contributed by atoms with Crippen LogP contribution in [0.25, 0.3) is 0 Å². The Balaban J connectivity index is 1.77. The van der Waals surface area contributed by atoms with Crippen LogP contribution in [0, 0.1) is 13.8 Å². The normalized spacial score (nSPS) is 12.0. The maximum atomic E-state index is 4.65. The summed E-state index contributed by atoms with van der Waals surface area (Å²) in [6.45, 7) is 10.0.